The lowest BCUT2D eigenvalue weighted by molar-refractivity contribution is -0.127. The fourth-order valence-electron chi connectivity index (χ4n) is 2.81. The van der Waals surface area contributed by atoms with E-state index in [0.29, 0.717) is 6.54 Å². The second-order valence-electron chi connectivity index (χ2n) is 5.18. The molecule has 1 saturated heterocycles. The van der Waals surface area contributed by atoms with E-state index in [0.717, 1.165) is 40.7 Å². The van der Waals surface area contributed by atoms with Gasteiger partial charge in [0.2, 0.25) is 5.91 Å². The van der Waals surface area contributed by atoms with Gasteiger partial charge in [-0.05, 0) is 41.8 Å². The first-order valence-electron chi connectivity index (χ1n) is 6.88. The van der Waals surface area contributed by atoms with Crippen molar-refractivity contribution in [2.45, 2.75) is 25.8 Å². The number of likely N-dealkylation sites (tertiary alicyclic amines) is 1. The molecule has 1 fully saturated rings. The number of carbonyl (C=O) groups excluding carboxylic acids is 1. The molecule has 1 atom stereocenters. The van der Waals surface area contributed by atoms with Gasteiger partial charge >= 0.3 is 0 Å². The fraction of sp³-hybridized carbons (Fsp3) is 0.429. The first-order valence-corrected chi connectivity index (χ1v) is 7.67. The zero-order chi connectivity index (χ0) is 15.0. The maximum Gasteiger partial charge on any atom is 0.246 e. The summed E-state index contributed by atoms with van der Waals surface area (Å²) in [6, 6.07) is 0.130. The van der Waals surface area contributed by atoms with Crippen molar-refractivity contribution in [3.05, 3.63) is 29.3 Å². The first-order chi connectivity index (χ1) is 10.1. The smallest absolute Gasteiger partial charge is 0.246 e. The summed E-state index contributed by atoms with van der Waals surface area (Å²) in [5.41, 5.74) is 1.71. The molecule has 0 spiro atoms. The summed E-state index contributed by atoms with van der Waals surface area (Å²) in [5, 5.41) is 5.50. The van der Waals surface area contributed by atoms with E-state index in [9.17, 15) is 4.79 Å². The molecular weight excluding hydrogens is 334 g/mol. The van der Waals surface area contributed by atoms with E-state index >= 15 is 0 Å². The number of amides is 1. The molecule has 3 heterocycles. The van der Waals surface area contributed by atoms with E-state index in [-0.39, 0.29) is 11.9 Å². The maximum absolute atomic E-state index is 11.8. The molecule has 1 amide bonds. The van der Waals surface area contributed by atoms with Crippen LogP contribution in [0.2, 0.25) is 0 Å². The Morgan fingerprint density at radius 3 is 3.10 bits per heavy atom. The van der Waals surface area contributed by atoms with Gasteiger partial charge in [-0.2, -0.15) is 5.10 Å². The van der Waals surface area contributed by atoms with Gasteiger partial charge in [0.25, 0.3) is 0 Å². The third kappa shape index (κ3) is 2.46. The quantitative estimate of drug-likeness (QED) is 0.780. The van der Waals surface area contributed by atoms with Crippen molar-refractivity contribution in [3.63, 3.8) is 0 Å². The van der Waals surface area contributed by atoms with E-state index < -0.39 is 0 Å². The van der Waals surface area contributed by atoms with Gasteiger partial charge < -0.3 is 4.90 Å². The van der Waals surface area contributed by atoms with E-state index in [1.165, 1.54) is 6.08 Å². The van der Waals surface area contributed by atoms with Crippen molar-refractivity contribution in [2.75, 3.05) is 13.1 Å². The zero-order valence-corrected chi connectivity index (χ0v) is 13.4. The molecule has 2 aromatic heterocycles. The highest BCUT2D eigenvalue weighted by atomic mass is 79.9. The highest BCUT2D eigenvalue weighted by Crippen LogP contribution is 2.29. The molecule has 0 radical (unpaired) electrons. The zero-order valence-electron chi connectivity index (χ0n) is 11.8. The highest BCUT2D eigenvalue weighted by molar-refractivity contribution is 9.10. The Kier molecular flexibility index (Phi) is 3.75. The molecule has 0 unspecified atom stereocenters. The molecule has 110 valence electrons. The standard InChI is InChI=1S/C14H16BrN5O/c1-3-11(21)19-6-4-5-10(7-19)20-14-12(13(15)18-20)9(2)16-8-17-14/h3,8,10H,1,4-7H2,2H3/t10-/m0/s1. The molecule has 0 N–H and O–H groups in total. The number of aromatic nitrogens is 4. The first kappa shape index (κ1) is 14.2. The lowest BCUT2D eigenvalue weighted by Gasteiger charge is -2.32. The van der Waals surface area contributed by atoms with Gasteiger partial charge in [0.05, 0.1) is 17.1 Å². The van der Waals surface area contributed by atoms with Gasteiger partial charge in [-0.15, -0.1) is 0 Å². The Labute approximate surface area is 131 Å². The lowest BCUT2D eigenvalue weighted by Crippen LogP contribution is -2.40. The monoisotopic (exact) mass is 349 g/mol. The summed E-state index contributed by atoms with van der Waals surface area (Å²) in [7, 11) is 0. The van der Waals surface area contributed by atoms with E-state index in [4.69, 9.17) is 0 Å². The molecule has 6 nitrogen and oxygen atoms in total. The molecule has 0 saturated carbocycles. The number of aryl methyl sites for hydroxylation is 1. The van der Waals surface area contributed by atoms with Crippen LogP contribution in [0.3, 0.4) is 0 Å². The number of rotatable bonds is 2. The summed E-state index contributed by atoms with van der Waals surface area (Å²) in [6.07, 6.45) is 4.85. The molecule has 7 heteroatoms. The molecule has 21 heavy (non-hydrogen) atoms. The van der Waals surface area contributed by atoms with Crippen LogP contribution in [0.15, 0.2) is 23.6 Å². The van der Waals surface area contributed by atoms with Crippen molar-refractivity contribution in [3.8, 4) is 0 Å². The molecule has 1 aliphatic heterocycles. The maximum atomic E-state index is 11.8. The lowest BCUT2D eigenvalue weighted by atomic mass is 10.1. The predicted octanol–water partition coefficient (Wildman–Crippen LogP) is 2.25. The minimum atomic E-state index is -0.0268. The van der Waals surface area contributed by atoms with Crippen LogP contribution in [0.5, 0.6) is 0 Å². The highest BCUT2D eigenvalue weighted by Gasteiger charge is 2.26. The number of fused-ring (bicyclic) bond motifs is 1. The number of piperidine rings is 1. The van der Waals surface area contributed by atoms with E-state index in [1.807, 2.05) is 16.5 Å². The molecular formula is C14H16BrN5O. The van der Waals surface area contributed by atoms with Gasteiger partial charge in [-0.3, -0.25) is 4.79 Å². The van der Waals surface area contributed by atoms with Crippen LogP contribution in [0.25, 0.3) is 11.0 Å². The second-order valence-corrected chi connectivity index (χ2v) is 5.93. The Balaban J connectivity index is 1.99. The van der Waals surface area contributed by atoms with Gasteiger partial charge in [-0.1, -0.05) is 6.58 Å². The Hall–Kier alpha value is -1.76. The molecule has 0 aromatic carbocycles. The molecule has 2 aromatic rings. The minimum Gasteiger partial charge on any atom is -0.337 e. The van der Waals surface area contributed by atoms with Crippen LogP contribution < -0.4 is 0 Å². The van der Waals surface area contributed by atoms with Gasteiger partial charge in [-0.25, -0.2) is 14.6 Å². The average molecular weight is 350 g/mol. The van der Waals surface area contributed by atoms with Gasteiger partial charge in [0.15, 0.2) is 5.65 Å². The fourth-order valence-corrected chi connectivity index (χ4v) is 3.44. The van der Waals surface area contributed by atoms with E-state index in [1.54, 1.807) is 6.33 Å². The normalized spacial score (nSPS) is 19.0. The van der Waals surface area contributed by atoms with Crippen LogP contribution >= 0.6 is 15.9 Å². The van der Waals surface area contributed by atoms with E-state index in [2.05, 4.69) is 37.6 Å². The summed E-state index contributed by atoms with van der Waals surface area (Å²) in [4.78, 5) is 22.2. The van der Waals surface area contributed by atoms with Crippen LogP contribution in [0, 0.1) is 6.92 Å². The third-order valence-corrected chi connectivity index (χ3v) is 4.42. The van der Waals surface area contributed by atoms with Crippen LogP contribution in [-0.4, -0.2) is 43.6 Å². The third-order valence-electron chi connectivity index (χ3n) is 3.86. The van der Waals surface area contributed by atoms with Crippen molar-refractivity contribution < 1.29 is 4.79 Å². The SMILES string of the molecule is C=CC(=O)N1CCC[C@H](n2nc(Br)c3c(C)ncnc32)C1. The van der Waals surface area contributed by atoms with Gasteiger partial charge in [0, 0.05) is 13.1 Å². The van der Waals surface area contributed by atoms with Crippen LogP contribution in [0.1, 0.15) is 24.6 Å². The van der Waals surface area contributed by atoms with Crippen molar-refractivity contribution in [2.24, 2.45) is 0 Å². The second kappa shape index (κ2) is 5.55. The molecule has 1 aliphatic rings. The largest absolute Gasteiger partial charge is 0.337 e. The van der Waals surface area contributed by atoms with Crippen molar-refractivity contribution >= 4 is 32.9 Å². The average Bonchev–Trinajstić information content (AvgIpc) is 2.85. The number of nitrogens with zero attached hydrogens (tertiary/aromatic N) is 5. The number of halogens is 1. The summed E-state index contributed by atoms with van der Waals surface area (Å²) in [5.74, 6) is -0.0268. The predicted molar refractivity (Wildman–Crippen MR) is 82.8 cm³/mol. The topological polar surface area (TPSA) is 63.9 Å². The molecule has 0 aliphatic carbocycles. The Bertz CT molecular complexity index is 711. The van der Waals surface area contributed by atoms with Crippen LogP contribution in [-0.2, 0) is 4.79 Å². The number of carbonyl (C=O) groups is 1. The van der Waals surface area contributed by atoms with Gasteiger partial charge in [0.1, 0.15) is 10.9 Å². The summed E-state index contributed by atoms with van der Waals surface area (Å²) in [6.45, 7) is 6.91. The number of hydrogen-bond donors (Lipinski definition) is 0. The number of hydrogen-bond acceptors (Lipinski definition) is 4. The van der Waals surface area contributed by atoms with Crippen molar-refractivity contribution in [1.82, 2.24) is 24.6 Å². The molecule has 0 bridgehead atoms. The molecule has 3 rings (SSSR count). The Morgan fingerprint density at radius 1 is 1.52 bits per heavy atom. The summed E-state index contributed by atoms with van der Waals surface area (Å²) >= 11 is 3.48. The Morgan fingerprint density at radius 2 is 2.33 bits per heavy atom. The van der Waals surface area contributed by atoms with Crippen molar-refractivity contribution in [1.29, 1.82) is 0 Å². The van der Waals surface area contributed by atoms with Crippen LogP contribution in [0.4, 0.5) is 0 Å². The summed E-state index contributed by atoms with van der Waals surface area (Å²) < 4.78 is 2.67. The minimum absolute atomic E-state index is 0.0268.